The maximum Gasteiger partial charge on any atom is 0.271 e. The molecule has 11 heteroatoms. The fourth-order valence-electron chi connectivity index (χ4n) is 4.55. The van der Waals surface area contributed by atoms with Crippen LogP contribution in [0.15, 0.2) is 46.3 Å². The van der Waals surface area contributed by atoms with Crippen LogP contribution in [0, 0.1) is 6.92 Å². The fourth-order valence-corrected chi connectivity index (χ4v) is 5.76. The highest BCUT2D eigenvalue weighted by Crippen LogP contribution is 2.32. The minimum atomic E-state index is -0.423. The number of nitrogens with zero attached hydrogens (tertiary/aromatic N) is 4. The van der Waals surface area contributed by atoms with Crippen LogP contribution >= 0.6 is 37.0 Å². The van der Waals surface area contributed by atoms with Gasteiger partial charge >= 0.3 is 0 Å². The molecule has 2 aromatic rings. The first-order chi connectivity index (χ1) is 17.4. The number of thioether (sulfide) groups is 1. The number of aliphatic imine (C=N–C) groups is 1. The molecule has 1 atom stereocenters. The molecule has 0 bridgehead atoms. The van der Waals surface area contributed by atoms with Gasteiger partial charge in [0.1, 0.15) is 5.04 Å². The number of likely N-dealkylation sites (tertiary alicyclic amines) is 1. The number of carbonyl (C=O) groups excluding carboxylic acids is 3. The van der Waals surface area contributed by atoms with Gasteiger partial charge in [-0.15, -0.1) is 11.8 Å². The van der Waals surface area contributed by atoms with E-state index in [2.05, 4.69) is 40.1 Å². The molecule has 2 aliphatic rings. The van der Waals surface area contributed by atoms with E-state index < -0.39 is 5.91 Å². The van der Waals surface area contributed by atoms with Crippen molar-refractivity contribution < 1.29 is 14.4 Å². The molecule has 3 heterocycles. The van der Waals surface area contributed by atoms with Crippen LogP contribution < -0.4 is 5.32 Å². The van der Waals surface area contributed by atoms with Gasteiger partial charge in [-0.3, -0.25) is 19.7 Å². The van der Waals surface area contributed by atoms with Crippen LogP contribution in [0.4, 0.5) is 5.95 Å². The average molecular weight is 544 g/mol. The molecule has 1 saturated heterocycles. The van der Waals surface area contributed by atoms with E-state index in [4.69, 9.17) is 4.98 Å². The van der Waals surface area contributed by atoms with Crippen LogP contribution in [-0.4, -0.2) is 61.8 Å². The number of imidazole rings is 1. The topological polar surface area (TPSA) is 96.7 Å². The highest BCUT2D eigenvalue weighted by Gasteiger charge is 2.28. The molecule has 1 N–H and O–H groups in total. The lowest BCUT2D eigenvalue weighted by Gasteiger charge is -2.27. The van der Waals surface area contributed by atoms with Gasteiger partial charge < -0.3 is 9.47 Å². The number of rotatable bonds is 6. The zero-order valence-corrected chi connectivity index (χ0v) is 22.6. The highest BCUT2D eigenvalue weighted by atomic mass is 32.2. The highest BCUT2D eigenvalue weighted by molar-refractivity contribution is 8.15. The maximum atomic E-state index is 13.2. The summed E-state index contributed by atoms with van der Waals surface area (Å²) in [5.74, 6) is 0.790. The number of carbonyl (C=O) groups is 3. The lowest BCUT2D eigenvalue weighted by molar-refractivity contribution is -0.131. The third kappa shape index (κ3) is 6.07. The van der Waals surface area contributed by atoms with Gasteiger partial charge in [0.2, 0.25) is 11.9 Å². The molecule has 0 radical (unpaired) electrons. The number of hydrogen-bond acceptors (Lipinski definition) is 7. The SMILES string of the molecule is Cc1cccc2nc(NC(=O)C3=CC(=NC(=O)/C=C\S)SC3)n([C@H]3CCCCN(C(=O)CCS)C3)c12. The van der Waals surface area contributed by atoms with E-state index in [-0.39, 0.29) is 17.9 Å². The van der Waals surface area contributed by atoms with Crippen molar-refractivity contribution in [1.82, 2.24) is 14.5 Å². The molecule has 0 spiro atoms. The van der Waals surface area contributed by atoms with Crippen molar-refractivity contribution in [1.29, 1.82) is 0 Å². The van der Waals surface area contributed by atoms with Gasteiger partial charge in [0.15, 0.2) is 0 Å². The third-order valence-corrected chi connectivity index (χ3v) is 7.56. The van der Waals surface area contributed by atoms with Crippen LogP contribution in [0.2, 0.25) is 0 Å². The number of benzene rings is 1. The second kappa shape index (κ2) is 12.2. The summed E-state index contributed by atoms with van der Waals surface area (Å²) in [6.45, 7) is 3.32. The molecule has 1 aromatic heterocycles. The largest absolute Gasteiger partial charge is 0.341 e. The summed E-state index contributed by atoms with van der Waals surface area (Å²) in [5.41, 5.74) is 3.33. The zero-order chi connectivity index (χ0) is 25.7. The molecule has 0 unspecified atom stereocenters. The number of aromatic nitrogens is 2. The van der Waals surface area contributed by atoms with Gasteiger partial charge in [0.05, 0.1) is 17.1 Å². The molecule has 3 amide bonds. The Hall–Kier alpha value is -2.50. The Morgan fingerprint density at radius 2 is 2.14 bits per heavy atom. The lowest BCUT2D eigenvalue weighted by Crippen LogP contribution is -2.36. The standard InChI is InChI=1S/C25H29N5O3S3/c1-16-5-4-7-19-23(16)30(18-6-2-3-10-29(14-18)22(32)9-12-35)25(26-19)28-24(33)17-13-21(36-15-17)27-20(31)8-11-34/h4-5,7-8,11,13,18,34-35H,2-3,6,9-10,12,14-15H2,1H3,(H,26,28,33)/b11-8-,27-21?/t18-/m0/s1. The minimum Gasteiger partial charge on any atom is -0.341 e. The summed E-state index contributed by atoms with van der Waals surface area (Å²) >= 11 is 9.45. The van der Waals surface area contributed by atoms with Crippen molar-refractivity contribution in [2.24, 2.45) is 4.99 Å². The van der Waals surface area contributed by atoms with Crippen molar-refractivity contribution in [3.8, 4) is 0 Å². The molecule has 1 aromatic carbocycles. The van der Waals surface area contributed by atoms with Gasteiger partial charge in [-0.1, -0.05) is 12.1 Å². The Balaban J connectivity index is 1.65. The normalized spacial score (nSPS) is 19.6. The summed E-state index contributed by atoms with van der Waals surface area (Å²) in [6.07, 6.45) is 6.09. The van der Waals surface area contributed by atoms with Gasteiger partial charge in [0.25, 0.3) is 11.8 Å². The molecule has 2 aliphatic heterocycles. The van der Waals surface area contributed by atoms with Crippen molar-refractivity contribution >= 4 is 76.8 Å². The number of para-hydroxylation sites is 1. The molecular formula is C25H29N5O3S3. The van der Waals surface area contributed by atoms with Crippen LogP contribution in [0.3, 0.4) is 0 Å². The maximum absolute atomic E-state index is 13.2. The predicted molar refractivity (Wildman–Crippen MR) is 152 cm³/mol. The molecule has 190 valence electrons. The number of nitrogens with one attached hydrogen (secondary N) is 1. The average Bonchev–Trinajstić information content (AvgIpc) is 3.37. The number of hydrogen-bond donors (Lipinski definition) is 3. The van der Waals surface area contributed by atoms with Crippen molar-refractivity contribution in [3.05, 3.63) is 46.9 Å². The van der Waals surface area contributed by atoms with E-state index in [0.717, 1.165) is 42.4 Å². The van der Waals surface area contributed by atoms with Crippen LogP contribution in [-0.2, 0) is 14.4 Å². The number of thiol groups is 2. The van der Waals surface area contributed by atoms with Crippen LogP contribution in [0.25, 0.3) is 11.0 Å². The first-order valence-corrected chi connectivity index (χ1v) is 14.0. The fraction of sp³-hybridized carbons (Fsp3) is 0.400. The van der Waals surface area contributed by atoms with Crippen molar-refractivity contribution in [2.45, 2.75) is 38.6 Å². The van der Waals surface area contributed by atoms with Gasteiger partial charge in [-0.2, -0.15) is 25.3 Å². The van der Waals surface area contributed by atoms with E-state index in [1.54, 1.807) is 6.08 Å². The Labute approximate surface area is 225 Å². The molecule has 4 rings (SSSR count). The predicted octanol–water partition coefficient (Wildman–Crippen LogP) is 4.20. The van der Waals surface area contributed by atoms with Crippen molar-refractivity contribution in [2.75, 3.05) is 29.9 Å². The number of aryl methyl sites for hydroxylation is 1. The minimum absolute atomic E-state index is 0.0209. The summed E-state index contributed by atoms with van der Waals surface area (Å²) in [7, 11) is 0. The van der Waals surface area contributed by atoms with E-state index >= 15 is 0 Å². The summed E-state index contributed by atoms with van der Waals surface area (Å²) in [6, 6.07) is 5.89. The van der Waals surface area contributed by atoms with Crippen molar-refractivity contribution in [3.63, 3.8) is 0 Å². The quantitative estimate of drug-likeness (QED) is 0.375. The number of fused-ring (bicyclic) bond motifs is 1. The number of amides is 3. The summed E-state index contributed by atoms with van der Waals surface area (Å²) in [4.78, 5) is 48.3. The first-order valence-electron chi connectivity index (χ1n) is 11.9. The molecular weight excluding hydrogens is 515 g/mol. The van der Waals surface area contributed by atoms with E-state index in [9.17, 15) is 14.4 Å². The molecule has 1 fully saturated rings. The third-order valence-electron chi connectivity index (χ3n) is 6.23. The van der Waals surface area contributed by atoms with Gasteiger partial charge in [-0.05, 0) is 55.1 Å². The van der Waals surface area contributed by atoms with E-state index in [1.165, 1.54) is 23.2 Å². The molecule has 8 nitrogen and oxygen atoms in total. The van der Waals surface area contributed by atoms with Crippen LogP contribution in [0.1, 0.15) is 37.3 Å². The second-order valence-electron chi connectivity index (χ2n) is 8.73. The second-order valence-corrected chi connectivity index (χ2v) is 10.5. The monoisotopic (exact) mass is 543 g/mol. The van der Waals surface area contributed by atoms with E-state index in [1.807, 2.05) is 30.0 Å². The Morgan fingerprint density at radius 1 is 1.31 bits per heavy atom. The number of anilines is 1. The van der Waals surface area contributed by atoms with Gasteiger partial charge in [-0.25, -0.2) is 9.98 Å². The summed E-state index contributed by atoms with van der Waals surface area (Å²) in [5, 5.41) is 4.82. The van der Waals surface area contributed by atoms with Crippen LogP contribution in [0.5, 0.6) is 0 Å². The lowest BCUT2D eigenvalue weighted by atomic mass is 10.1. The smallest absolute Gasteiger partial charge is 0.271 e. The Morgan fingerprint density at radius 3 is 2.92 bits per heavy atom. The Bertz CT molecular complexity index is 1270. The summed E-state index contributed by atoms with van der Waals surface area (Å²) < 4.78 is 2.09. The first kappa shape index (κ1) is 26.6. The zero-order valence-electron chi connectivity index (χ0n) is 20.0. The van der Waals surface area contributed by atoms with Gasteiger partial charge in [0, 0.05) is 36.9 Å². The Kier molecular flexibility index (Phi) is 8.97. The molecule has 0 saturated carbocycles. The molecule has 36 heavy (non-hydrogen) atoms. The molecule has 0 aliphatic carbocycles. The van der Waals surface area contributed by atoms with E-state index in [0.29, 0.717) is 41.0 Å².